The van der Waals surface area contributed by atoms with Gasteiger partial charge in [-0.25, -0.2) is 0 Å². The molecule has 0 radical (unpaired) electrons. The first-order chi connectivity index (χ1) is 6.61. The molecule has 5 heteroatoms. The summed E-state index contributed by atoms with van der Waals surface area (Å²) in [5.74, 6) is -0.504. The Bertz CT molecular complexity index is 198. The fraction of sp³-hybridized carbons (Fsp3) is 0.889. The van der Waals surface area contributed by atoms with Crippen molar-refractivity contribution in [3.05, 3.63) is 0 Å². The zero-order chi connectivity index (χ0) is 10.6. The second kappa shape index (κ2) is 5.36. The van der Waals surface area contributed by atoms with Crippen molar-refractivity contribution < 1.29 is 14.9 Å². The van der Waals surface area contributed by atoms with E-state index < -0.39 is 5.97 Å². The van der Waals surface area contributed by atoms with Gasteiger partial charge in [0, 0.05) is 0 Å². The molecule has 1 fully saturated rings. The Morgan fingerprint density at radius 3 is 2.93 bits per heavy atom. The molecule has 0 aromatic heterocycles. The minimum atomic E-state index is -0.746. The van der Waals surface area contributed by atoms with Crippen molar-refractivity contribution in [2.75, 3.05) is 6.54 Å². The molecule has 0 saturated carbocycles. The fourth-order valence-corrected chi connectivity index (χ4v) is 2.03. The summed E-state index contributed by atoms with van der Waals surface area (Å²) in [7, 11) is 0. The number of hydrogen-bond acceptors (Lipinski definition) is 3. The van der Waals surface area contributed by atoms with Gasteiger partial charge in [0.25, 0.3) is 6.92 Å². The number of carboxylic acid groups (broad SMARTS) is 1. The summed E-state index contributed by atoms with van der Waals surface area (Å²) in [6, 6.07) is -0.371. The van der Waals surface area contributed by atoms with Crippen molar-refractivity contribution in [1.82, 2.24) is 5.32 Å². The average molecular weight is 199 g/mol. The van der Waals surface area contributed by atoms with E-state index in [-0.39, 0.29) is 18.9 Å². The summed E-state index contributed by atoms with van der Waals surface area (Å²) in [4.78, 5) is 10.8. The summed E-state index contributed by atoms with van der Waals surface area (Å²) in [6.07, 6.45) is 3.52. The summed E-state index contributed by atoms with van der Waals surface area (Å²) in [5.41, 5.74) is 0. The van der Waals surface area contributed by atoms with E-state index in [2.05, 4.69) is 5.32 Å². The van der Waals surface area contributed by atoms with Crippen LogP contribution in [0.1, 0.15) is 19.3 Å². The topological polar surface area (TPSA) is 69.6 Å². The lowest BCUT2D eigenvalue weighted by Gasteiger charge is -2.14. The van der Waals surface area contributed by atoms with Crippen LogP contribution < -0.4 is 5.32 Å². The second-order valence-electron chi connectivity index (χ2n) is 4.10. The van der Waals surface area contributed by atoms with E-state index in [4.69, 9.17) is 10.1 Å². The van der Waals surface area contributed by atoms with E-state index in [1.54, 1.807) is 6.82 Å². The van der Waals surface area contributed by atoms with Crippen LogP contribution in [0, 0.1) is 5.92 Å². The molecule has 0 bridgehead atoms. The molecular formula is C9H18BNO3. The highest BCUT2D eigenvalue weighted by Crippen LogP contribution is 2.22. The van der Waals surface area contributed by atoms with Gasteiger partial charge in [-0.15, -0.1) is 0 Å². The lowest BCUT2D eigenvalue weighted by Crippen LogP contribution is -2.35. The molecule has 0 aromatic rings. The van der Waals surface area contributed by atoms with Gasteiger partial charge in [-0.1, -0.05) is 13.2 Å². The lowest BCUT2D eigenvalue weighted by molar-refractivity contribution is -0.140. The Kier molecular flexibility index (Phi) is 4.42. The third-order valence-corrected chi connectivity index (χ3v) is 2.81. The molecule has 0 spiro atoms. The standard InChI is InChI=1S/C9H18BNO3/c1-10(14)5-2-3-7-4-6-11-8(7)9(12)13/h7-8,11,14H,2-6H2,1H3,(H,12,13). The monoisotopic (exact) mass is 199 g/mol. The van der Waals surface area contributed by atoms with Gasteiger partial charge in [0.2, 0.25) is 0 Å². The molecule has 0 aromatic carbocycles. The SMILES string of the molecule is CB(O)CCCC1CCNC1C(=O)O. The van der Waals surface area contributed by atoms with E-state index in [1.807, 2.05) is 0 Å². The predicted molar refractivity (Wildman–Crippen MR) is 55.4 cm³/mol. The molecule has 0 aliphatic carbocycles. The second-order valence-corrected chi connectivity index (χ2v) is 4.10. The van der Waals surface area contributed by atoms with Crippen molar-refractivity contribution in [2.24, 2.45) is 5.92 Å². The maximum Gasteiger partial charge on any atom is 0.320 e. The third kappa shape index (κ3) is 3.31. The molecule has 1 aliphatic rings. The van der Waals surface area contributed by atoms with Crippen LogP contribution in [0.25, 0.3) is 0 Å². The number of aliphatic carboxylic acids is 1. The first kappa shape index (κ1) is 11.5. The molecule has 0 amide bonds. The molecule has 1 heterocycles. The van der Waals surface area contributed by atoms with E-state index >= 15 is 0 Å². The summed E-state index contributed by atoms with van der Waals surface area (Å²) >= 11 is 0. The van der Waals surface area contributed by atoms with Crippen molar-refractivity contribution in [2.45, 2.75) is 38.4 Å². The van der Waals surface area contributed by atoms with Gasteiger partial charge >= 0.3 is 5.97 Å². The van der Waals surface area contributed by atoms with Crippen LogP contribution in [0.2, 0.25) is 13.1 Å². The summed E-state index contributed by atoms with van der Waals surface area (Å²) in [6.45, 7) is 2.30. The summed E-state index contributed by atoms with van der Waals surface area (Å²) in [5, 5.41) is 20.9. The van der Waals surface area contributed by atoms with Gasteiger partial charge in [0.15, 0.2) is 0 Å². The molecule has 4 nitrogen and oxygen atoms in total. The van der Waals surface area contributed by atoms with Crippen LogP contribution in [0.4, 0.5) is 0 Å². The largest absolute Gasteiger partial charge is 0.480 e. The molecule has 1 rings (SSSR count). The van der Waals surface area contributed by atoms with Gasteiger partial charge in [0.05, 0.1) is 0 Å². The van der Waals surface area contributed by atoms with Gasteiger partial charge in [-0.2, -0.15) is 0 Å². The molecule has 3 N–H and O–H groups in total. The number of hydrogen-bond donors (Lipinski definition) is 3. The number of nitrogens with one attached hydrogen (secondary N) is 1. The highest BCUT2D eigenvalue weighted by Gasteiger charge is 2.31. The van der Waals surface area contributed by atoms with Gasteiger partial charge in [-0.05, 0) is 31.6 Å². The van der Waals surface area contributed by atoms with Crippen molar-refractivity contribution in [3.8, 4) is 0 Å². The minimum Gasteiger partial charge on any atom is -0.480 e. The Morgan fingerprint density at radius 1 is 1.64 bits per heavy atom. The quantitative estimate of drug-likeness (QED) is 0.562. The van der Waals surface area contributed by atoms with Crippen LogP contribution in [0.5, 0.6) is 0 Å². The van der Waals surface area contributed by atoms with Crippen LogP contribution >= 0.6 is 0 Å². The zero-order valence-electron chi connectivity index (χ0n) is 8.57. The van der Waals surface area contributed by atoms with Gasteiger partial charge in [0.1, 0.15) is 6.04 Å². The molecule has 2 atom stereocenters. The first-order valence-corrected chi connectivity index (χ1v) is 5.25. The first-order valence-electron chi connectivity index (χ1n) is 5.25. The number of rotatable bonds is 5. The molecule has 14 heavy (non-hydrogen) atoms. The zero-order valence-corrected chi connectivity index (χ0v) is 8.57. The number of carboxylic acids is 1. The Morgan fingerprint density at radius 2 is 2.36 bits per heavy atom. The maximum atomic E-state index is 10.8. The smallest absolute Gasteiger partial charge is 0.320 e. The average Bonchev–Trinajstić information content (AvgIpc) is 2.51. The molecule has 80 valence electrons. The van der Waals surface area contributed by atoms with Crippen LogP contribution in [-0.2, 0) is 4.79 Å². The van der Waals surface area contributed by atoms with E-state index in [9.17, 15) is 4.79 Å². The Hall–Kier alpha value is -0.545. The minimum absolute atomic E-state index is 0.242. The lowest BCUT2D eigenvalue weighted by atomic mass is 9.66. The van der Waals surface area contributed by atoms with E-state index in [0.29, 0.717) is 0 Å². The van der Waals surface area contributed by atoms with Crippen molar-refractivity contribution in [3.63, 3.8) is 0 Å². The highest BCUT2D eigenvalue weighted by molar-refractivity contribution is 6.48. The van der Waals surface area contributed by atoms with Crippen LogP contribution in [0.15, 0.2) is 0 Å². The van der Waals surface area contributed by atoms with Gasteiger partial charge in [-0.3, -0.25) is 4.79 Å². The normalized spacial score (nSPS) is 26.4. The predicted octanol–water partition coefficient (Wildman–Crippen LogP) is 0.443. The maximum absolute atomic E-state index is 10.8. The number of carbonyl (C=O) groups is 1. The molecule has 1 saturated heterocycles. The highest BCUT2D eigenvalue weighted by atomic mass is 16.4. The fourth-order valence-electron chi connectivity index (χ4n) is 2.03. The Balaban J connectivity index is 2.26. The van der Waals surface area contributed by atoms with E-state index in [0.717, 1.165) is 32.1 Å². The van der Waals surface area contributed by atoms with E-state index in [1.165, 1.54) is 0 Å². The third-order valence-electron chi connectivity index (χ3n) is 2.81. The van der Waals surface area contributed by atoms with Crippen molar-refractivity contribution >= 4 is 12.9 Å². The van der Waals surface area contributed by atoms with Crippen LogP contribution in [-0.4, -0.2) is 35.6 Å². The molecular weight excluding hydrogens is 181 g/mol. The van der Waals surface area contributed by atoms with Gasteiger partial charge < -0.3 is 15.4 Å². The summed E-state index contributed by atoms with van der Waals surface area (Å²) < 4.78 is 0. The molecule has 1 aliphatic heterocycles. The van der Waals surface area contributed by atoms with Crippen molar-refractivity contribution in [1.29, 1.82) is 0 Å². The van der Waals surface area contributed by atoms with Crippen LogP contribution in [0.3, 0.4) is 0 Å². The molecule has 2 unspecified atom stereocenters. The Labute approximate surface area is 84.8 Å².